The van der Waals surface area contributed by atoms with Crippen LogP contribution in [0.3, 0.4) is 0 Å². The molecule has 0 saturated heterocycles. The number of aliphatic hydroxyl groups excluding tert-OH is 2. The summed E-state index contributed by atoms with van der Waals surface area (Å²) >= 11 is 7.13. The van der Waals surface area contributed by atoms with E-state index in [9.17, 15) is 10.2 Å². The molecular formula is C12H13ClO2S. The number of hydrogen-bond donors (Lipinski definition) is 2. The van der Waals surface area contributed by atoms with Crippen LogP contribution in [0.25, 0.3) is 10.1 Å². The molecule has 0 bridgehead atoms. The van der Waals surface area contributed by atoms with Gasteiger partial charge in [-0.25, -0.2) is 0 Å². The number of fused-ring (bicyclic) bond motifs is 1. The molecule has 0 fully saturated rings. The Morgan fingerprint density at radius 3 is 2.81 bits per heavy atom. The Hall–Kier alpha value is -0.610. The number of aliphatic hydroxyl groups is 2. The summed E-state index contributed by atoms with van der Waals surface area (Å²) in [6, 6.07) is 7.74. The van der Waals surface area contributed by atoms with Gasteiger partial charge in [-0.05, 0) is 23.3 Å². The normalized spacial score (nSPS) is 15.2. The van der Waals surface area contributed by atoms with Crippen LogP contribution in [0.4, 0.5) is 0 Å². The molecule has 2 aromatic rings. The molecule has 1 heterocycles. The highest BCUT2D eigenvalue weighted by Crippen LogP contribution is 2.31. The summed E-state index contributed by atoms with van der Waals surface area (Å²) in [6.07, 6.45) is -1.27. The average molecular weight is 257 g/mol. The molecule has 1 aromatic heterocycles. The Morgan fingerprint density at radius 2 is 2.06 bits per heavy atom. The zero-order valence-corrected chi connectivity index (χ0v) is 10.2. The van der Waals surface area contributed by atoms with Gasteiger partial charge in [-0.2, -0.15) is 0 Å². The van der Waals surface area contributed by atoms with Gasteiger partial charge < -0.3 is 10.2 Å². The number of hydrogen-bond acceptors (Lipinski definition) is 3. The fourth-order valence-corrected chi connectivity index (χ4v) is 2.90. The van der Waals surface area contributed by atoms with Gasteiger partial charge in [0.2, 0.25) is 0 Å². The maximum absolute atomic E-state index is 10.0. The van der Waals surface area contributed by atoms with Crippen LogP contribution in [0.2, 0.25) is 0 Å². The molecule has 0 spiro atoms. The van der Waals surface area contributed by atoms with Gasteiger partial charge in [0.25, 0.3) is 0 Å². The molecule has 0 amide bonds. The summed E-state index contributed by atoms with van der Waals surface area (Å²) in [5, 5.41) is 22.9. The number of alkyl halides is 1. The predicted molar refractivity (Wildman–Crippen MR) is 68.1 cm³/mol. The van der Waals surface area contributed by atoms with Crippen LogP contribution < -0.4 is 0 Å². The Bertz CT molecular complexity index is 469. The average Bonchev–Trinajstić information content (AvgIpc) is 2.76. The van der Waals surface area contributed by atoms with Crippen molar-refractivity contribution in [3.05, 3.63) is 35.2 Å². The molecule has 0 aliphatic heterocycles. The second-order valence-electron chi connectivity index (χ2n) is 3.68. The molecule has 0 radical (unpaired) electrons. The van der Waals surface area contributed by atoms with E-state index in [0.717, 1.165) is 15.6 Å². The smallest absolute Gasteiger partial charge is 0.106 e. The van der Waals surface area contributed by atoms with Crippen molar-refractivity contribution < 1.29 is 10.2 Å². The standard InChI is InChI=1S/C12H13ClO2S/c13-6-4-10(14)11(15)9-3-1-2-8-5-7-16-12(8)9/h1-3,5,7,10-11,14-15H,4,6H2. The topological polar surface area (TPSA) is 40.5 Å². The molecule has 1 aromatic carbocycles. The quantitative estimate of drug-likeness (QED) is 0.826. The largest absolute Gasteiger partial charge is 0.390 e. The number of benzene rings is 1. The lowest BCUT2D eigenvalue weighted by Gasteiger charge is -2.17. The molecule has 2 rings (SSSR count). The maximum Gasteiger partial charge on any atom is 0.106 e. The summed E-state index contributed by atoms with van der Waals surface area (Å²) in [5.41, 5.74) is 0.783. The van der Waals surface area contributed by atoms with Crippen LogP contribution >= 0.6 is 22.9 Å². The van der Waals surface area contributed by atoms with Crippen molar-refractivity contribution in [1.82, 2.24) is 0 Å². The lowest BCUT2D eigenvalue weighted by molar-refractivity contribution is 0.0179. The minimum absolute atomic E-state index is 0.346. The fourth-order valence-electron chi connectivity index (χ4n) is 1.73. The summed E-state index contributed by atoms with van der Waals surface area (Å²) in [7, 11) is 0. The highest BCUT2D eigenvalue weighted by Gasteiger charge is 2.20. The Labute approximate surface area is 103 Å². The van der Waals surface area contributed by atoms with E-state index in [1.165, 1.54) is 0 Å². The lowest BCUT2D eigenvalue weighted by Crippen LogP contribution is -2.18. The van der Waals surface area contributed by atoms with Gasteiger partial charge in [0.05, 0.1) is 6.10 Å². The molecule has 4 heteroatoms. The van der Waals surface area contributed by atoms with Crippen molar-refractivity contribution in [1.29, 1.82) is 0 Å². The third-order valence-electron chi connectivity index (χ3n) is 2.60. The summed E-state index contributed by atoms with van der Waals surface area (Å²) in [4.78, 5) is 0. The van der Waals surface area contributed by atoms with Crippen molar-refractivity contribution >= 4 is 33.0 Å². The molecule has 2 atom stereocenters. The first kappa shape index (κ1) is 11.9. The SMILES string of the molecule is OC(CCCl)C(O)c1cccc2ccsc12. The van der Waals surface area contributed by atoms with E-state index in [-0.39, 0.29) is 0 Å². The molecule has 2 unspecified atom stereocenters. The molecule has 2 N–H and O–H groups in total. The number of halogens is 1. The zero-order chi connectivity index (χ0) is 11.5. The van der Waals surface area contributed by atoms with Gasteiger partial charge in [0.1, 0.15) is 6.10 Å². The van der Waals surface area contributed by atoms with E-state index in [1.54, 1.807) is 11.3 Å². The third-order valence-corrected chi connectivity index (χ3v) is 3.79. The van der Waals surface area contributed by atoms with Crippen LogP contribution in [-0.4, -0.2) is 22.2 Å². The summed E-state index contributed by atoms with van der Waals surface area (Å²) in [6.45, 7) is 0. The van der Waals surface area contributed by atoms with E-state index in [0.29, 0.717) is 12.3 Å². The van der Waals surface area contributed by atoms with E-state index < -0.39 is 12.2 Å². The van der Waals surface area contributed by atoms with Gasteiger partial charge >= 0.3 is 0 Å². The van der Waals surface area contributed by atoms with E-state index in [2.05, 4.69) is 0 Å². The maximum atomic E-state index is 10.0. The van der Waals surface area contributed by atoms with E-state index in [1.807, 2.05) is 29.6 Å². The second-order valence-corrected chi connectivity index (χ2v) is 4.97. The highest BCUT2D eigenvalue weighted by atomic mass is 35.5. The van der Waals surface area contributed by atoms with Crippen molar-refractivity contribution in [2.75, 3.05) is 5.88 Å². The van der Waals surface area contributed by atoms with Crippen LogP contribution in [0, 0.1) is 0 Å². The summed E-state index contributed by atoms with van der Waals surface area (Å²) in [5.74, 6) is 0.346. The van der Waals surface area contributed by atoms with Gasteiger partial charge in [0, 0.05) is 16.1 Å². The van der Waals surface area contributed by atoms with Crippen molar-refractivity contribution in [3.63, 3.8) is 0 Å². The minimum Gasteiger partial charge on any atom is -0.390 e. The molecule has 86 valence electrons. The van der Waals surface area contributed by atoms with Crippen LogP contribution in [-0.2, 0) is 0 Å². The molecule has 0 aliphatic rings. The third kappa shape index (κ3) is 2.23. The minimum atomic E-state index is -0.860. The van der Waals surface area contributed by atoms with Crippen molar-refractivity contribution in [2.24, 2.45) is 0 Å². The zero-order valence-electron chi connectivity index (χ0n) is 8.64. The van der Waals surface area contributed by atoms with Crippen LogP contribution in [0.1, 0.15) is 18.1 Å². The second kappa shape index (κ2) is 5.15. The van der Waals surface area contributed by atoms with Gasteiger partial charge in [-0.3, -0.25) is 0 Å². The lowest BCUT2D eigenvalue weighted by atomic mass is 10.0. The molecule has 2 nitrogen and oxygen atoms in total. The molecule has 0 aliphatic carbocycles. The first-order valence-electron chi connectivity index (χ1n) is 5.12. The van der Waals surface area contributed by atoms with Gasteiger partial charge in [0.15, 0.2) is 0 Å². The van der Waals surface area contributed by atoms with E-state index in [4.69, 9.17) is 11.6 Å². The Morgan fingerprint density at radius 1 is 1.25 bits per heavy atom. The molecule has 0 saturated carbocycles. The van der Waals surface area contributed by atoms with E-state index >= 15 is 0 Å². The summed E-state index contributed by atoms with van der Waals surface area (Å²) < 4.78 is 1.03. The highest BCUT2D eigenvalue weighted by molar-refractivity contribution is 7.17. The Balaban J connectivity index is 2.35. The van der Waals surface area contributed by atoms with Crippen LogP contribution in [0.15, 0.2) is 29.6 Å². The van der Waals surface area contributed by atoms with Crippen molar-refractivity contribution in [2.45, 2.75) is 18.6 Å². The monoisotopic (exact) mass is 256 g/mol. The Kier molecular flexibility index (Phi) is 3.82. The number of rotatable bonds is 4. The first-order valence-corrected chi connectivity index (χ1v) is 6.53. The molecule has 16 heavy (non-hydrogen) atoms. The van der Waals surface area contributed by atoms with Gasteiger partial charge in [-0.15, -0.1) is 22.9 Å². The van der Waals surface area contributed by atoms with Crippen molar-refractivity contribution in [3.8, 4) is 0 Å². The first-order chi connectivity index (χ1) is 7.74. The van der Waals surface area contributed by atoms with Gasteiger partial charge in [-0.1, -0.05) is 18.2 Å². The molecular weight excluding hydrogens is 244 g/mol. The number of thiophene rings is 1. The fraction of sp³-hybridized carbons (Fsp3) is 0.333. The van der Waals surface area contributed by atoms with Crippen LogP contribution in [0.5, 0.6) is 0 Å². The predicted octanol–water partition coefficient (Wildman–Crippen LogP) is 2.92.